The lowest BCUT2D eigenvalue weighted by Gasteiger charge is -2.48. The number of hydrogen-bond donors (Lipinski definition) is 12. The molecule has 1 amide bonds. The molecule has 646 valence electrons. The molecule has 19 nitrogen and oxygen atoms in total. The third-order valence-corrected chi connectivity index (χ3v) is 22.9. The zero-order chi connectivity index (χ0) is 79.5. The van der Waals surface area contributed by atoms with Crippen molar-refractivity contribution in [2.75, 3.05) is 26.4 Å². The van der Waals surface area contributed by atoms with Crippen LogP contribution < -0.4 is 5.32 Å². The Hall–Kier alpha value is -2.25. The van der Waals surface area contributed by atoms with Crippen molar-refractivity contribution in [3.8, 4) is 0 Å². The summed E-state index contributed by atoms with van der Waals surface area (Å²) in [5.41, 5.74) is 0. The molecular weight excluding hydrogens is 1390 g/mol. The molecule has 3 saturated heterocycles. The second-order valence-electron chi connectivity index (χ2n) is 32.7. The fraction of sp³-hybridized carbons (Fsp3) is 0.901. The van der Waals surface area contributed by atoms with E-state index in [-0.39, 0.29) is 18.9 Å². The van der Waals surface area contributed by atoms with Crippen molar-refractivity contribution < 1.29 is 89.4 Å². The molecule has 0 radical (unpaired) electrons. The van der Waals surface area contributed by atoms with Gasteiger partial charge in [-0.1, -0.05) is 383 Å². The van der Waals surface area contributed by atoms with Gasteiger partial charge in [-0.05, 0) is 51.4 Å². The van der Waals surface area contributed by atoms with Crippen molar-refractivity contribution in [1.82, 2.24) is 5.32 Å². The normalized spacial score (nSPS) is 25.3. The maximum Gasteiger partial charge on any atom is 0.220 e. The fourth-order valence-electron chi connectivity index (χ4n) is 15.7. The van der Waals surface area contributed by atoms with Crippen molar-refractivity contribution in [2.24, 2.45) is 0 Å². The highest BCUT2D eigenvalue weighted by Crippen LogP contribution is 2.34. The first-order chi connectivity index (χ1) is 53.8. The summed E-state index contributed by atoms with van der Waals surface area (Å²) in [7, 11) is 0. The van der Waals surface area contributed by atoms with E-state index in [4.69, 9.17) is 28.4 Å². The summed E-state index contributed by atoms with van der Waals surface area (Å²) in [4.78, 5) is 13.6. The van der Waals surface area contributed by atoms with E-state index < -0.39 is 124 Å². The highest BCUT2D eigenvalue weighted by Gasteiger charge is 2.54. The Bertz CT molecular complexity index is 2170. The Morgan fingerprint density at radius 1 is 0.336 bits per heavy atom. The van der Waals surface area contributed by atoms with Gasteiger partial charge < -0.3 is 89.9 Å². The summed E-state index contributed by atoms with van der Waals surface area (Å²) >= 11 is 0. The molecule has 0 spiro atoms. The minimum atomic E-state index is -1.97. The third-order valence-electron chi connectivity index (χ3n) is 22.9. The lowest BCUT2D eigenvalue weighted by Crippen LogP contribution is -2.66. The van der Waals surface area contributed by atoms with Crippen molar-refractivity contribution in [3.05, 3.63) is 48.6 Å². The third kappa shape index (κ3) is 49.1. The van der Waals surface area contributed by atoms with E-state index in [1.165, 1.54) is 289 Å². The Kier molecular flexibility index (Phi) is 65.7. The molecule has 3 heterocycles. The highest BCUT2D eigenvalue weighted by molar-refractivity contribution is 5.76. The van der Waals surface area contributed by atoms with Gasteiger partial charge in [0, 0.05) is 6.42 Å². The molecule has 0 aliphatic carbocycles. The van der Waals surface area contributed by atoms with E-state index in [1.54, 1.807) is 0 Å². The SMILES string of the molecule is CC/C=C\C/C=C\C/C=C\C/C=C\CCCCCCCCCCCCCCCCCCCCCCCCCCC(=O)NC(COC1OC(CO)C(OC2OC(CO)C(OC3OC(CO)C(O)C(O)C3O)C(O)C2O)C(O)C1O)C(O)CCCCCCCCCCCCCCCCCCCCCCCCCCCCCC. The van der Waals surface area contributed by atoms with Crippen LogP contribution in [-0.2, 0) is 33.2 Å². The van der Waals surface area contributed by atoms with Gasteiger partial charge in [0.2, 0.25) is 5.91 Å². The predicted octanol–water partition coefficient (Wildman–Crippen LogP) is 17.6. The van der Waals surface area contributed by atoms with Gasteiger partial charge in [0.05, 0.1) is 38.6 Å². The van der Waals surface area contributed by atoms with Gasteiger partial charge in [-0.25, -0.2) is 0 Å². The van der Waals surface area contributed by atoms with Crippen molar-refractivity contribution in [1.29, 1.82) is 0 Å². The number of ether oxygens (including phenoxy) is 6. The first kappa shape index (κ1) is 102. The van der Waals surface area contributed by atoms with Crippen LogP contribution in [-0.4, -0.2) is 193 Å². The quantitative estimate of drug-likeness (QED) is 0.0199. The summed E-state index contributed by atoms with van der Waals surface area (Å²) in [5.74, 6) is -0.234. The van der Waals surface area contributed by atoms with E-state index in [0.29, 0.717) is 12.8 Å². The smallest absolute Gasteiger partial charge is 0.220 e. The summed E-state index contributed by atoms with van der Waals surface area (Å²) in [6.07, 6.45) is 65.1. The largest absolute Gasteiger partial charge is 0.394 e. The number of carbonyl (C=O) groups excluding carboxylic acids is 1. The number of rotatable bonds is 75. The molecule has 0 aromatic carbocycles. The standard InChI is InChI=1S/C91H169NO18/c1-3-5-7-9-11-13-15-17-19-21-23-25-27-29-31-33-34-35-36-37-38-39-40-41-43-45-47-49-51-53-55-57-59-61-63-65-67-69-79(97)92-74(75(96)68-66-64-62-60-58-56-54-52-50-48-46-44-42-32-30-28-26-24-22-20-18-16-14-12-10-8-6-4-2)73-105-89-85(103)82(100)87(77(71-94)107-89)110-91-86(104)83(101)88(78(72-95)108-91)109-90-84(102)81(99)80(98)76(70-93)106-90/h5,7,11,13,17,19,23,25,74-78,80-91,93-96,98-104H,3-4,6,8-10,12,14-16,18,20-22,24,26-73H2,1-2H3,(H,92,97)/b7-5-,13-11-,19-17-,25-23-. The number of amides is 1. The second-order valence-corrected chi connectivity index (χ2v) is 32.7. The molecule has 12 N–H and O–H groups in total. The molecule has 0 aromatic rings. The molecule has 3 rings (SSSR count). The Morgan fingerprint density at radius 3 is 0.982 bits per heavy atom. The Labute approximate surface area is 669 Å². The van der Waals surface area contributed by atoms with Gasteiger partial charge in [-0.2, -0.15) is 0 Å². The predicted molar refractivity (Wildman–Crippen MR) is 443 cm³/mol. The highest BCUT2D eigenvalue weighted by atomic mass is 16.8. The topological polar surface area (TPSA) is 307 Å². The van der Waals surface area contributed by atoms with E-state index in [0.717, 1.165) is 70.6 Å². The van der Waals surface area contributed by atoms with Crippen molar-refractivity contribution >= 4 is 5.91 Å². The number of carbonyl (C=O) groups is 1. The summed E-state index contributed by atoms with van der Waals surface area (Å²) in [6, 6.07) is -0.888. The molecule has 17 atom stereocenters. The van der Waals surface area contributed by atoms with Crippen LogP contribution in [0.1, 0.15) is 393 Å². The fourth-order valence-corrected chi connectivity index (χ4v) is 15.7. The van der Waals surface area contributed by atoms with E-state index in [1.807, 2.05) is 0 Å². The Balaban J connectivity index is 1.30. The number of nitrogens with one attached hydrogen (secondary N) is 1. The van der Waals surface area contributed by atoms with Crippen LogP contribution in [0, 0.1) is 0 Å². The molecular formula is C91H169NO18. The van der Waals surface area contributed by atoms with Crippen LogP contribution in [0.15, 0.2) is 48.6 Å². The van der Waals surface area contributed by atoms with Gasteiger partial charge >= 0.3 is 0 Å². The first-order valence-electron chi connectivity index (χ1n) is 45.9. The molecule has 17 unspecified atom stereocenters. The number of aliphatic hydroxyl groups excluding tert-OH is 11. The van der Waals surface area contributed by atoms with Crippen LogP contribution in [0.5, 0.6) is 0 Å². The lowest BCUT2D eigenvalue weighted by molar-refractivity contribution is -0.379. The zero-order valence-electron chi connectivity index (χ0n) is 69.8. The van der Waals surface area contributed by atoms with Crippen molar-refractivity contribution in [3.63, 3.8) is 0 Å². The van der Waals surface area contributed by atoms with Gasteiger partial charge in [-0.15, -0.1) is 0 Å². The van der Waals surface area contributed by atoms with Crippen LogP contribution in [0.2, 0.25) is 0 Å². The molecule has 0 aromatic heterocycles. The van der Waals surface area contributed by atoms with E-state index in [2.05, 4.69) is 67.8 Å². The number of allylic oxidation sites excluding steroid dienone is 8. The molecule has 0 saturated carbocycles. The maximum atomic E-state index is 13.6. The van der Waals surface area contributed by atoms with Gasteiger partial charge in [0.25, 0.3) is 0 Å². The maximum absolute atomic E-state index is 13.6. The molecule has 3 aliphatic heterocycles. The van der Waals surface area contributed by atoms with Gasteiger partial charge in [-0.3, -0.25) is 4.79 Å². The first-order valence-corrected chi connectivity index (χ1v) is 45.9. The van der Waals surface area contributed by atoms with E-state index in [9.17, 15) is 61.0 Å². The molecule has 3 fully saturated rings. The molecule has 3 aliphatic rings. The summed E-state index contributed by atoms with van der Waals surface area (Å²) in [5, 5.41) is 121. The number of aliphatic hydroxyl groups is 11. The van der Waals surface area contributed by atoms with Crippen LogP contribution in [0.4, 0.5) is 0 Å². The number of hydrogen-bond acceptors (Lipinski definition) is 18. The van der Waals surface area contributed by atoms with Crippen LogP contribution >= 0.6 is 0 Å². The minimum absolute atomic E-state index is 0.234. The van der Waals surface area contributed by atoms with Crippen LogP contribution in [0.3, 0.4) is 0 Å². The monoisotopic (exact) mass is 1560 g/mol. The lowest BCUT2D eigenvalue weighted by atomic mass is 9.96. The second kappa shape index (κ2) is 70.9. The summed E-state index contributed by atoms with van der Waals surface area (Å²) in [6.45, 7) is 1.76. The molecule has 110 heavy (non-hydrogen) atoms. The number of unbranched alkanes of at least 4 members (excludes halogenated alkanes) is 51. The summed E-state index contributed by atoms with van der Waals surface area (Å²) < 4.78 is 34.6. The molecule has 19 heteroatoms. The minimum Gasteiger partial charge on any atom is -0.394 e. The van der Waals surface area contributed by atoms with E-state index >= 15 is 0 Å². The Morgan fingerprint density at radius 2 is 0.627 bits per heavy atom. The van der Waals surface area contributed by atoms with Crippen LogP contribution in [0.25, 0.3) is 0 Å². The average molecular weight is 1570 g/mol. The average Bonchev–Trinajstić information content (AvgIpc) is 0.784. The van der Waals surface area contributed by atoms with Gasteiger partial charge in [0.1, 0.15) is 73.2 Å². The van der Waals surface area contributed by atoms with Crippen molar-refractivity contribution in [2.45, 2.75) is 497 Å². The molecule has 0 bridgehead atoms. The zero-order valence-corrected chi connectivity index (χ0v) is 69.8. The van der Waals surface area contributed by atoms with Gasteiger partial charge in [0.15, 0.2) is 18.9 Å².